The van der Waals surface area contributed by atoms with Crippen molar-refractivity contribution in [2.24, 2.45) is 0 Å². The molecule has 5 heteroatoms. The lowest BCUT2D eigenvalue weighted by molar-refractivity contribution is 0.266. The van der Waals surface area contributed by atoms with Crippen molar-refractivity contribution < 1.29 is 5.11 Å². The molecular weight excluding hydrogens is 228 g/mol. The molecule has 0 saturated carbocycles. The molecule has 1 aromatic rings. The Balaban J connectivity index is 2.21. The Morgan fingerprint density at radius 2 is 2.28 bits per heavy atom. The van der Waals surface area contributed by atoms with E-state index in [9.17, 15) is 5.11 Å². The van der Waals surface area contributed by atoms with Crippen LogP contribution in [0.3, 0.4) is 0 Å². The molecule has 100 valence electrons. The van der Waals surface area contributed by atoms with Crippen LogP contribution < -0.4 is 9.80 Å². The molecule has 0 amide bonds. The summed E-state index contributed by atoms with van der Waals surface area (Å²) in [4.78, 5) is 12.9. The largest absolute Gasteiger partial charge is 0.394 e. The van der Waals surface area contributed by atoms with Gasteiger partial charge < -0.3 is 14.9 Å². The number of anilines is 2. The van der Waals surface area contributed by atoms with Crippen molar-refractivity contribution in [3.05, 3.63) is 12.4 Å². The molecule has 1 atom stereocenters. The number of hydrogen-bond donors (Lipinski definition) is 1. The summed E-state index contributed by atoms with van der Waals surface area (Å²) in [6.45, 7) is 5.43. The van der Waals surface area contributed by atoms with E-state index in [2.05, 4.69) is 33.6 Å². The summed E-state index contributed by atoms with van der Waals surface area (Å²) in [5.74, 6) is 1.85. The Labute approximate surface area is 108 Å². The van der Waals surface area contributed by atoms with E-state index in [4.69, 9.17) is 0 Å². The van der Waals surface area contributed by atoms with Gasteiger partial charge >= 0.3 is 0 Å². The summed E-state index contributed by atoms with van der Waals surface area (Å²) in [6.07, 6.45) is 3.76. The second-order valence-electron chi connectivity index (χ2n) is 5.11. The van der Waals surface area contributed by atoms with Crippen molar-refractivity contribution >= 4 is 11.6 Å². The topological polar surface area (TPSA) is 52.5 Å². The zero-order valence-corrected chi connectivity index (χ0v) is 11.4. The minimum atomic E-state index is 0.194. The van der Waals surface area contributed by atoms with E-state index in [0.29, 0.717) is 6.04 Å². The van der Waals surface area contributed by atoms with Crippen molar-refractivity contribution in [3.8, 4) is 0 Å². The summed E-state index contributed by atoms with van der Waals surface area (Å²) in [7, 11) is 2.03. The van der Waals surface area contributed by atoms with Crippen LogP contribution in [0.4, 0.5) is 11.6 Å². The third kappa shape index (κ3) is 2.56. The van der Waals surface area contributed by atoms with Gasteiger partial charge in [-0.15, -0.1) is 0 Å². The first-order valence-corrected chi connectivity index (χ1v) is 6.56. The second kappa shape index (κ2) is 5.52. The average Bonchev–Trinajstić information content (AvgIpc) is 2.86. The quantitative estimate of drug-likeness (QED) is 0.872. The van der Waals surface area contributed by atoms with E-state index in [-0.39, 0.29) is 12.6 Å². The molecule has 0 aliphatic carbocycles. The first-order valence-electron chi connectivity index (χ1n) is 6.56. The molecule has 5 nitrogen and oxygen atoms in total. The maximum absolute atomic E-state index is 9.37. The molecule has 1 unspecified atom stereocenters. The molecule has 0 radical (unpaired) electrons. The van der Waals surface area contributed by atoms with Gasteiger partial charge in [-0.25, -0.2) is 9.97 Å². The Hall–Kier alpha value is -1.36. The number of rotatable bonds is 4. The summed E-state index contributed by atoms with van der Waals surface area (Å²) in [6, 6.07) is 2.62. The SMILES string of the molecule is CC(C)N(C)c1cc(N2CCCC2CO)ncn1. The van der Waals surface area contributed by atoms with Gasteiger partial charge in [-0.05, 0) is 26.7 Å². The number of aromatic nitrogens is 2. The van der Waals surface area contributed by atoms with Gasteiger partial charge in [-0.2, -0.15) is 0 Å². The van der Waals surface area contributed by atoms with Crippen LogP contribution in [0.1, 0.15) is 26.7 Å². The van der Waals surface area contributed by atoms with Gasteiger partial charge in [0.2, 0.25) is 0 Å². The van der Waals surface area contributed by atoms with Crippen molar-refractivity contribution in [2.75, 3.05) is 30.0 Å². The van der Waals surface area contributed by atoms with E-state index >= 15 is 0 Å². The molecule has 0 spiro atoms. The number of aliphatic hydroxyl groups is 1. The van der Waals surface area contributed by atoms with E-state index in [1.165, 1.54) is 0 Å². The molecule has 2 rings (SSSR count). The average molecular weight is 250 g/mol. The standard InChI is InChI=1S/C13H22N4O/c1-10(2)16(3)12-7-13(15-9-14-12)17-6-4-5-11(17)8-18/h7,9-11,18H,4-6,8H2,1-3H3. The van der Waals surface area contributed by atoms with E-state index in [0.717, 1.165) is 31.0 Å². The van der Waals surface area contributed by atoms with Gasteiger partial charge in [0, 0.05) is 25.7 Å². The van der Waals surface area contributed by atoms with Crippen LogP contribution in [0.2, 0.25) is 0 Å². The van der Waals surface area contributed by atoms with Crippen LogP contribution in [0, 0.1) is 0 Å². The molecule has 0 aromatic carbocycles. The van der Waals surface area contributed by atoms with Crippen LogP contribution in [0.5, 0.6) is 0 Å². The minimum absolute atomic E-state index is 0.194. The molecular formula is C13H22N4O. The number of hydrogen-bond acceptors (Lipinski definition) is 5. The minimum Gasteiger partial charge on any atom is -0.394 e. The van der Waals surface area contributed by atoms with E-state index in [1.54, 1.807) is 6.33 Å². The van der Waals surface area contributed by atoms with Crippen molar-refractivity contribution in [2.45, 2.75) is 38.8 Å². The monoisotopic (exact) mass is 250 g/mol. The van der Waals surface area contributed by atoms with Gasteiger partial charge in [0.25, 0.3) is 0 Å². The van der Waals surface area contributed by atoms with Crippen molar-refractivity contribution in [1.29, 1.82) is 0 Å². The number of aliphatic hydroxyl groups excluding tert-OH is 1. The molecule has 1 fully saturated rings. The third-order valence-electron chi connectivity index (χ3n) is 3.66. The first-order chi connectivity index (χ1) is 8.63. The van der Waals surface area contributed by atoms with Crippen LogP contribution in [0.25, 0.3) is 0 Å². The smallest absolute Gasteiger partial charge is 0.134 e. The summed E-state index contributed by atoms with van der Waals surface area (Å²) >= 11 is 0. The second-order valence-corrected chi connectivity index (χ2v) is 5.11. The fourth-order valence-corrected chi connectivity index (χ4v) is 2.28. The summed E-state index contributed by atoms with van der Waals surface area (Å²) in [5, 5.41) is 9.37. The van der Waals surface area contributed by atoms with Crippen LogP contribution in [-0.2, 0) is 0 Å². The zero-order valence-electron chi connectivity index (χ0n) is 11.4. The van der Waals surface area contributed by atoms with E-state index in [1.807, 2.05) is 13.1 Å². The highest BCUT2D eigenvalue weighted by Crippen LogP contribution is 2.25. The maximum Gasteiger partial charge on any atom is 0.134 e. The Bertz CT molecular complexity index is 396. The lowest BCUT2D eigenvalue weighted by atomic mass is 10.2. The number of nitrogens with zero attached hydrogens (tertiary/aromatic N) is 4. The van der Waals surface area contributed by atoms with Gasteiger partial charge in [0.05, 0.1) is 12.6 Å². The molecule has 1 aliphatic rings. The Morgan fingerprint density at radius 3 is 2.94 bits per heavy atom. The highest BCUT2D eigenvalue weighted by Gasteiger charge is 2.25. The normalized spacial score (nSPS) is 19.6. The molecule has 1 N–H and O–H groups in total. The predicted molar refractivity (Wildman–Crippen MR) is 73.0 cm³/mol. The lowest BCUT2D eigenvalue weighted by Gasteiger charge is -2.27. The molecule has 0 bridgehead atoms. The van der Waals surface area contributed by atoms with Crippen molar-refractivity contribution in [1.82, 2.24) is 9.97 Å². The van der Waals surface area contributed by atoms with Gasteiger partial charge in [0.15, 0.2) is 0 Å². The predicted octanol–water partition coefficient (Wildman–Crippen LogP) is 1.28. The highest BCUT2D eigenvalue weighted by atomic mass is 16.3. The van der Waals surface area contributed by atoms with E-state index < -0.39 is 0 Å². The Morgan fingerprint density at radius 1 is 1.50 bits per heavy atom. The highest BCUT2D eigenvalue weighted by molar-refractivity contribution is 5.51. The van der Waals surface area contributed by atoms with Gasteiger partial charge in [-0.3, -0.25) is 0 Å². The van der Waals surface area contributed by atoms with Crippen molar-refractivity contribution in [3.63, 3.8) is 0 Å². The Kier molecular flexibility index (Phi) is 4.01. The third-order valence-corrected chi connectivity index (χ3v) is 3.66. The molecule has 2 heterocycles. The van der Waals surface area contributed by atoms with Gasteiger partial charge in [-0.1, -0.05) is 0 Å². The van der Waals surface area contributed by atoms with Crippen LogP contribution in [0.15, 0.2) is 12.4 Å². The van der Waals surface area contributed by atoms with Gasteiger partial charge in [0.1, 0.15) is 18.0 Å². The fraction of sp³-hybridized carbons (Fsp3) is 0.692. The summed E-state index contributed by atoms with van der Waals surface area (Å²) in [5.41, 5.74) is 0. The zero-order chi connectivity index (χ0) is 13.1. The summed E-state index contributed by atoms with van der Waals surface area (Å²) < 4.78 is 0. The van der Waals surface area contributed by atoms with Crippen LogP contribution >= 0.6 is 0 Å². The first kappa shape index (κ1) is 13.1. The molecule has 1 aromatic heterocycles. The maximum atomic E-state index is 9.37. The molecule has 1 aliphatic heterocycles. The van der Waals surface area contributed by atoms with Crippen LogP contribution in [-0.4, -0.2) is 47.4 Å². The fourth-order valence-electron chi connectivity index (χ4n) is 2.28. The lowest BCUT2D eigenvalue weighted by Crippen LogP contribution is -2.33. The molecule has 1 saturated heterocycles. The molecule has 18 heavy (non-hydrogen) atoms.